The summed E-state index contributed by atoms with van der Waals surface area (Å²) in [5.74, 6) is 0. The van der Waals surface area contributed by atoms with Crippen LogP contribution < -0.4 is 5.32 Å². The summed E-state index contributed by atoms with van der Waals surface area (Å²) in [7, 11) is 1.92. The molecule has 0 unspecified atom stereocenters. The fraction of sp³-hybridized carbons (Fsp3) is 0.200. The Labute approximate surface area is 59.1 Å². The van der Waals surface area contributed by atoms with Crippen LogP contribution in [0.5, 0.6) is 0 Å². The topological polar surface area (TPSA) is 12.0 Å². The molecule has 0 saturated carbocycles. The van der Waals surface area contributed by atoms with Crippen LogP contribution in [-0.4, -0.2) is 7.05 Å². The van der Waals surface area contributed by atoms with Gasteiger partial charge < -0.3 is 5.32 Å². The zero-order valence-electron chi connectivity index (χ0n) is 4.55. The SMILES string of the molecule is CNc1ccsc1.Cl. The van der Waals surface area contributed by atoms with E-state index in [4.69, 9.17) is 0 Å². The van der Waals surface area contributed by atoms with Gasteiger partial charge in [-0.05, 0) is 11.4 Å². The first-order chi connectivity index (χ1) is 3.43. The lowest BCUT2D eigenvalue weighted by atomic mass is 10.5. The van der Waals surface area contributed by atoms with Crippen molar-refractivity contribution in [3.05, 3.63) is 16.8 Å². The number of rotatable bonds is 1. The maximum atomic E-state index is 3.02. The molecular weight excluding hydrogens is 142 g/mol. The van der Waals surface area contributed by atoms with Gasteiger partial charge in [-0.15, -0.1) is 12.4 Å². The molecule has 0 aliphatic heterocycles. The molecule has 3 heteroatoms. The number of halogens is 1. The first-order valence-corrected chi connectivity index (χ1v) is 3.07. The number of nitrogens with one attached hydrogen (secondary N) is 1. The maximum absolute atomic E-state index is 3.02. The van der Waals surface area contributed by atoms with E-state index in [9.17, 15) is 0 Å². The van der Waals surface area contributed by atoms with Gasteiger partial charge >= 0.3 is 0 Å². The van der Waals surface area contributed by atoms with Crippen LogP contribution in [-0.2, 0) is 0 Å². The minimum absolute atomic E-state index is 0. The molecule has 0 aliphatic carbocycles. The largest absolute Gasteiger partial charge is 0.387 e. The lowest BCUT2D eigenvalue weighted by molar-refractivity contribution is 1.56. The van der Waals surface area contributed by atoms with Crippen LogP contribution in [0.15, 0.2) is 16.8 Å². The summed E-state index contributed by atoms with van der Waals surface area (Å²) < 4.78 is 0. The van der Waals surface area contributed by atoms with Crippen molar-refractivity contribution in [2.75, 3.05) is 12.4 Å². The molecule has 0 fully saturated rings. The molecule has 1 nitrogen and oxygen atoms in total. The third-order valence-electron chi connectivity index (χ3n) is 0.810. The first-order valence-electron chi connectivity index (χ1n) is 2.13. The number of thiophene rings is 1. The predicted molar refractivity (Wildman–Crippen MR) is 41.1 cm³/mol. The molecule has 8 heavy (non-hydrogen) atoms. The van der Waals surface area contributed by atoms with Crippen molar-refractivity contribution in [2.24, 2.45) is 0 Å². The minimum atomic E-state index is 0. The van der Waals surface area contributed by atoms with E-state index in [-0.39, 0.29) is 12.4 Å². The molecular formula is C5H8ClNS. The van der Waals surface area contributed by atoms with Gasteiger partial charge in [-0.1, -0.05) is 0 Å². The number of hydrogen-bond acceptors (Lipinski definition) is 2. The highest BCUT2D eigenvalue weighted by molar-refractivity contribution is 7.08. The van der Waals surface area contributed by atoms with Crippen molar-refractivity contribution in [3.63, 3.8) is 0 Å². The van der Waals surface area contributed by atoms with E-state index >= 15 is 0 Å². The molecule has 46 valence electrons. The molecule has 0 amide bonds. The predicted octanol–water partition coefficient (Wildman–Crippen LogP) is 2.21. The van der Waals surface area contributed by atoms with Crippen LogP contribution in [0.1, 0.15) is 0 Å². The van der Waals surface area contributed by atoms with Gasteiger partial charge in [-0.3, -0.25) is 0 Å². The second kappa shape index (κ2) is 3.75. The molecule has 0 atom stereocenters. The smallest absolute Gasteiger partial charge is 0.0446 e. The van der Waals surface area contributed by atoms with E-state index in [1.807, 2.05) is 18.5 Å². The van der Waals surface area contributed by atoms with E-state index in [0.29, 0.717) is 0 Å². The molecule has 1 N–H and O–H groups in total. The molecule has 1 heterocycles. The third kappa shape index (κ3) is 1.72. The van der Waals surface area contributed by atoms with E-state index in [1.165, 1.54) is 5.69 Å². The van der Waals surface area contributed by atoms with Crippen molar-refractivity contribution in [1.29, 1.82) is 0 Å². The Balaban J connectivity index is 0.000000490. The van der Waals surface area contributed by atoms with Crippen LogP contribution in [0.4, 0.5) is 5.69 Å². The summed E-state index contributed by atoms with van der Waals surface area (Å²) >= 11 is 1.70. The summed E-state index contributed by atoms with van der Waals surface area (Å²) in [4.78, 5) is 0. The van der Waals surface area contributed by atoms with E-state index < -0.39 is 0 Å². The van der Waals surface area contributed by atoms with Crippen LogP contribution in [0.3, 0.4) is 0 Å². The Bertz CT molecular complexity index is 127. The Morgan fingerprint density at radius 3 is 2.62 bits per heavy atom. The Morgan fingerprint density at radius 2 is 2.38 bits per heavy atom. The van der Waals surface area contributed by atoms with Gasteiger partial charge in [-0.2, -0.15) is 11.3 Å². The fourth-order valence-corrected chi connectivity index (χ4v) is 1.05. The van der Waals surface area contributed by atoms with Gasteiger partial charge in [0.1, 0.15) is 0 Å². The Hall–Kier alpha value is -0.210. The van der Waals surface area contributed by atoms with Crippen molar-refractivity contribution < 1.29 is 0 Å². The van der Waals surface area contributed by atoms with E-state index in [2.05, 4.69) is 10.7 Å². The molecule has 1 rings (SSSR count). The van der Waals surface area contributed by atoms with Gasteiger partial charge in [0.2, 0.25) is 0 Å². The zero-order chi connectivity index (χ0) is 5.11. The standard InChI is InChI=1S/C5H7NS.ClH/c1-6-5-2-3-7-4-5;/h2-4,6H,1H3;1H. The normalized spacial score (nSPS) is 7.62. The summed E-state index contributed by atoms with van der Waals surface area (Å²) in [6.07, 6.45) is 0. The highest BCUT2D eigenvalue weighted by Gasteiger charge is 1.80. The van der Waals surface area contributed by atoms with Crippen LogP contribution in [0.2, 0.25) is 0 Å². The van der Waals surface area contributed by atoms with Gasteiger partial charge in [0.15, 0.2) is 0 Å². The lowest BCUT2D eigenvalue weighted by Gasteiger charge is -1.86. The average molecular weight is 150 g/mol. The van der Waals surface area contributed by atoms with Crippen LogP contribution in [0.25, 0.3) is 0 Å². The van der Waals surface area contributed by atoms with Crippen LogP contribution in [0, 0.1) is 0 Å². The highest BCUT2D eigenvalue weighted by Crippen LogP contribution is 2.09. The number of hydrogen-bond donors (Lipinski definition) is 1. The second-order valence-electron chi connectivity index (χ2n) is 1.26. The third-order valence-corrected chi connectivity index (χ3v) is 1.49. The summed E-state index contributed by atoms with van der Waals surface area (Å²) in [6.45, 7) is 0. The van der Waals surface area contributed by atoms with Crippen molar-refractivity contribution >= 4 is 29.4 Å². The average Bonchev–Trinajstić information content (AvgIpc) is 2.14. The Kier molecular flexibility index (Phi) is 3.65. The molecule has 0 bridgehead atoms. The van der Waals surface area contributed by atoms with Crippen molar-refractivity contribution in [3.8, 4) is 0 Å². The molecule has 0 radical (unpaired) electrons. The lowest BCUT2D eigenvalue weighted by Crippen LogP contribution is -1.81. The molecule has 1 aromatic rings. The summed E-state index contributed by atoms with van der Waals surface area (Å²) in [6, 6.07) is 2.05. The first kappa shape index (κ1) is 7.79. The highest BCUT2D eigenvalue weighted by atomic mass is 35.5. The molecule has 0 aromatic carbocycles. The maximum Gasteiger partial charge on any atom is 0.0446 e. The fourth-order valence-electron chi connectivity index (χ4n) is 0.407. The zero-order valence-corrected chi connectivity index (χ0v) is 6.18. The van der Waals surface area contributed by atoms with Gasteiger partial charge in [0, 0.05) is 18.1 Å². The van der Waals surface area contributed by atoms with Gasteiger partial charge in [0.05, 0.1) is 0 Å². The Morgan fingerprint density at radius 1 is 1.62 bits per heavy atom. The van der Waals surface area contributed by atoms with Gasteiger partial charge in [-0.25, -0.2) is 0 Å². The number of anilines is 1. The van der Waals surface area contributed by atoms with Gasteiger partial charge in [0.25, 0.3) is 0 Å². The van der Waals surface area contributed by atoms with Crippen molar-refractivity contribution in [1.82, 2.24) is 0 Å². The summed E-state index contributed by atoms with van der Waals surface area (Å²) in [5.41, 5.74) is 1.20. The van der Waals surface area contributed by atoms with Crippen LogP contribution >= 0.6 is 23.7 Å². The molecule has 0 aliphatic rings. The minimum Gasteiger partial charge on any atom is -0.387 e. The van der Waals surface area contributed by atoms with E-state index in [0.717, 1.165) is 0 Å². The molecule has 0 spiro atoms. The molecule has 1 aromatic heterocycles. The second-order valence-corrected chi connectivity index (χ2v) is 2.04. The quantitative estimate of drug-likeness (QED) is 0.646. The monoisotopic (exact) mass is 149 g/mol. The summed E-state index contributed by atoms with van der Waals surface area (Å²) in [5, 5.41) is 7.13. The molecule has 0 saturated heterocycles. The van der Waals surface area contributed by atoms with Crippen molar-refractivity contribution in [2.45, 2.75) is 0 Å². The van der Waals surface area contributed by atoms with E-state index in [1.54, 1.807) is 11.3 Å².